The van der Waals surface area contributed by atoms with E-state index >= 15 is 0 Å². The molecule has 1 saturated carbocycles. The van der Waals surface area contributed by atoms with Gasteiger partial charge in [-0.3, -0.25) is 4.90 Å². The first-order chi connectivity index (χ1) is 7.70. The van der Waals surface area contributed by atoms with Gasteiger partial charge in [0.25, 0.3) is 0 Å². The number of aryl methyl sites for hydroxylation is 1. The summed E-state index contributed by atoms with van der Waals surface area (Å²) in [5, 5.41) is 9.85. The molecule has 2 nitrogen and oxygen atoms in total. The number of benzene rings is 1. The highest BCUT2D eigenvalue weighted by molar-refractivity contribution is 6.31. The van der Waals surface area contributed by atoms with E-state index < -0.39 is 0 Å². The zero-order valence-electron chi connectivity index (χ0n) is 9.62. The third kappa shape index (κ3) is 2.97. The molecule has 2 rings (SSSR count). The van der Waals surface area contributed by atoms with E-state index in [0.717, 1.165) is 23.7 Å². The number of aliphatic hydroxyl groups is 1. The van der Waals surface area contributed by atoms with Crippen LogP contribution in [0, 0.1) is 6.92 Å². The maximum Gasteiger partial charge on any atom is 0.0558 e. The molecule has 0 radical (unpaired) electrons. The first-order valence-electron chi connectivity index (χ1n) is 5.80. The summed E-state index contributed by atoms with van der Waals surface area (Å²) in [7, 11) is 0. The van der Waals surface area contributed by atoms with Crippen LogP contribution in [0.15, 0.2) is 18.2 Å². The summed E-state index contributed by atoms with van der Waals surface area (Å²) in [5.74, 6) is 0. The van der Waals surface area contributed by atoms with E-state index in [0.29, 0.717) is 6.04 Å². The second-order valence-corrected chi connectivity index (χ2v) is 4.92. The molecule has 0 atom stereocenters. The van der Waals surface area contributed by atoms with Crippen molar-refractivity contribution >= 4 is 11.6 Å². The van der Waals surface area contributed by atoms with Gasteiger partial charge in [0.1, 0.15) is 0 Å². The first-order valence-corrected chi connectivity index (χ1v) is 6.18. The second-order valence-electron chi connectivity index (χ2n) is 4.51. The molecule has 1 N–H and O–H groups in total. The van der Waals surface area contributed by atoms with Crippen LogP contribution in [0.25, 0.3) is 0 Å². The molecular formula is C13H18ClNO. The maximum atomic E-state index is 9.03. The van der Waals surface area contributed by atoms with Gasteiger partial charge in [0.15, 0.2) is 0 Å². The first kappa shape index (κ1) is 11.9. The van der Waals surface area contributed by atoms with Crippen molar-refractivity contribution in [2.45, 2.75) is 32.4 Å². The number of hydrogen-bond acceptors (Lipinski definition) is 2. The molecule has 88 valence electrons. The Labute approximate surface area is 102 Å². The van der Waals surface area contributed by atoms with Crippen LogP contribution >= 0.6 is 11.6 Å². The summed E-state index contributed by atoms with van der Waals surface area (Å²) >= 11 is 6.00. The summed E-state index contributed by atoms with van der Waals surface area (Å²) in [6.45, 7) is 3.96. The zero-order valence-corrected chi connectivity index (χ0v) is 10.4. The minimum absolute atomic E-state index is 0.239. The lowest BCUT2D eigenvalue weighted by Crippen LogP contribution is -2.28. The Morgan fingerprint density at radius 3 is 2.75 bits per heavy atom. The fourth-order valence-electron chi connectivity index (χ4n) is 2.00. The Morgan fingerprint density at radius 2 is 2.19 bits per heavy atom. The van der Waals surface area contributed by atoms with Crippen LogP contribution < -0.4 is 0 Å². The highest BCUT2D eigenvalue weighted by Crippen LogP contribution is 2.28. The van der Waals surface area contributed by atoms with Gasteiger partial charge in [-0.1, -0.05) is 23.7 Å². The van der Waals surface area contributed by atoms with Crippen molar-refractivity contribution in [2.24, 2.45) is 0 Å². The maximum absolute atomic E-state index is 9.03. The van der Waals surface area contributed by atoms with Gasteiger partial charge in [0.2, 0.25) is 0 Å². The monoisotopic (exact) mass is 239 g/mol. The van der Waals surface area contributed by atoms with E-state index in [9.17, 15) is 0 Å². The van der Waals surface area contributed by atoms with Crippen molar-refractivity contribution in [3.8, 4) is 0 Å². The molecule has 0 bridgehead atoms. The normalized spacial score (nSPS) is 15.8. The molecule has 0 aliphatic heterocycles. The highest BCUT2D eigenvalue weighted by atomic mass is 35.5. The molecule has 0 spiro atoms. The van der Waals surface area contributed by atoms with E-state index in [1.165, 1.54) is 18.4 Å². The average molecular weight is 240 g/mol. The Hall–Kier alpha value is -0.570. The van der Waals surface area contributed by atoms with Crippen LogP contribution in [0.1, 0.15) is 24.0 Å². The summed E-state index contributed by atoms with van der Waals surface area (Å²) in [6.07, 6.45) is 2.54. The topological polar surface area (TPSA) is 23.5 Å². The summed E-state index contributed by atoms with van der Waals surface area (Å²) in [6, 6.07) is 6.84. The van der Waals surface area contributed by atoms with Gasteiger partial charge in [-0.2, -0.15) is 0 Å². The van der Waals surface area contributed by atoms with Gasteiger partial charge in [-0.15, -0.1) is 0 Å². The van der Waals surface area contributed by atoms with Crippen molar-refractivity contribution in [1.82, 2.24) is 4.90 Å². The fourth-order valence-corrected chi connectivity index (χ4v) is 2.12. The minimum Gasteiger partial charge on any atom is -0.395 e. The Balaban J connectivity index is 2.03. The van der Waals surface area contributed by atoms with Gasteiger partial charge >= 0.3 is 0 Å². The lowest BCUT2D eigenvalue weighted by atomic mass is 10.1. The number of nitrogens with zero attached hydrogens (tertiary/aromatic N) is 1. The largest absolute Gasteiger partial charge is 0.395 e. The number of aliphatic hydroxyl groups excluding tert-OH is 1. The highest BCUT2D eigenvalue weighted by Gasteiger charge is 2.28. The molecule has 1 fully saturated rings. The lowest BCUT2D eigenvalue weighted by Gasteiger charge is -2.21. The van der Waals surface area contributed by atoms with Gasteiger partial charge in [-0.05, 0) is 37.0 Å². The zero-order chi connectivity index (χ0) is 11.5. The molecule has 1 aliphatic rings. The third-order valence-corrected chi connectivity index (χ3v) is 3.48. The molecular weight excluding hydrogens is 222 g/mol. The van der Waals surface area contributed by atoms with Crippen LogP contribution in [0.3, 0.4) is 0 Å². The van der Waals surface area contributed by atoms with E-state index in [4.69, 9.17) is 16.7 Å². The molecule has 16 heavy (non-hydrogen) atoms. The summed E-state index contributed by atoms with van der Waals surface area (Å²) < 4.78 is 0. The fraction of sp³-hybridized carbons (Fsp3) is 0.538. The van der Waals surface area contributed by atoms with E-state index in [1.807, 2.05) is 13.0 Å². The smallest absolute Gasteiger partial charge is 0.0558 e. The van der Waals surface area contributed by atoms with Gasteiger partial charge < -0.3 is 5.11 Å². The van der Waals surface area contributed by atoms with Crippen molar-refractivity contribution in [2.75, 3.05) is 13.2 Å². The molecule has 1 aromatic carbocycles. The van der Waals surface area contributed by atoms with Gasteiger partial charge in [-0.25, -0.2) is 0 Å². The number of hydrogen-bond donors (Lipinski definition) is 1. The Bertz CT molecular complexity index is 363. The molecule has 0 saturated heterocycles. The second kappa shape index (κ2) is 5.17. The molecule has 0 heterocycles. The average Bonchev–Trinajstić information content (AvgIpc) is 3.06. The van der Waals surface area contributed by atoms with Crippen molar-refractivity contribution in [3.05, 3.63) is 34.3 Å². The molecule has 3 heteroatoms. The molecule has 0 aromatic heterocycles. The van der Waals surface area contributed by atoms with Gasteiger partial charge in [0, 0.05) is 24.2 Å². The molecule has 1 aromatic rings. The van der Waals surface area contributed by atoms with E-state index in [2.05, 4.69) is 17.0 Å². The Morgan fingerprint density at radius 1 is 1.44 bits per heavy atom. The van der Waals surface area contributed by atoms with Crippen molar-refractivity contribution in [1.29, 1.82) is 0 Å². The standard InChI is InChI=1S/C13H18ClNO/c1-10-8-11(2-5-13(10)14)9-15(6-7-16)12-3-4-12/h2,5,8,12,16H,3-4,6-7,9H2,1H3. The summed E-state index contributed by atoms with van der Waals surface area (Å²) in [5.41, 5.74) is 2.40. The van der Waals surface area contributed by atoms with Crippen LogP contribution in [-0.4, -0.2) is 29.2 Å². The quantitative estimate of drug-likeness (QED) is 0.854. The molecule has 0 unspecified atom stereocenters. The van der Waals surface area contributed by atoms with Crippen LogP contribution in [0.4, 0.5) is 0 Å². The predicted octanol–water partition coefficient (Wildman–Crippen LogP) is 2.61. The lowest BCUT2D eigenvalue weighted by molar-refractivity contribution is 0.183. The minimum atomic E-state index is 0.239. The number of rotatable bonds is 5. The van der Waals surface area contributed by atoms with Crippen molar-refractivity contribution < 1.29 is 5.11 Å². The molecule has 1 aliphatic carbocycles. The summed E-state index contributed by atoms with van der Waals surface area (Å²) in [4.78, 5) is 2.35. The number of halogens is 1. The Kier molecular flexibility index (Phi) is 3.85. The van der Waals surface area contributed by atoms with Crippen LogP contribution in [0.5, 0.6) is 0 Å². The van der Waals surface area contributed by atoms with Gasteiger partial charge in [0.05, 0.1) is 6.61 Å². The van der Waals surface area contributed by atoms with Crippen LogP contribution in [0.2, 0.25) is 5.02 Å². The van der Waals surface area contributed by atoms with E-state index in [1.54, 1.807) is 0 Å². The predicted molar refractivity (Wildman–Crippen MR) is 66.7 cm³/mol. The van der Waals surface area contributed by atoms with Crippen LogP contribution in [-0.2, 0) is 6.54 Å². The SMILES string of the molecule is Cc1cc(CN(CCO)C2CC2)ccc1Cl. The van der Waals surface area contributed by atoms with Crippen molar-refractivity contribution in [3.63, 3.8) is 0 Å². The third-order valence-electron chi connectivity index (χ3n) is 3.06. The van der Waals surface area contributed by atoms with E-state index in [-0.39, 0.29) is 6.61 Å². The molecule has 0 amide bonds.